The number of fused-ring (bicyclic) bond motifs is 2. The lowest BCUT2D eigenvalue weighted by Crippen LogP contribution is -2.43. The molecule has 1 saturated heterocycles. The second-order valence-electron chi connectivity index (χ2n) is 12.6. The first-order valence-corrected chi connectivity index (χ1v) is 17.6. The number of aryl methyl sites for hydroxylation is 1. The molecule has 0 N–H and O–H groups in total. The molecule has 12 nitrogen and oxygen atoms in total. The van der Waals surface area contributed by atoms with E-state index in [1.54, 1.807) is 22.9 Å². The van der Waals surface area contributed by atoms with E-state index in [0.29, 0.717) is 68.0 Å². The van der Waals surface area contributed by atoms with Gasteiger partial charge in [0.2, 0.25) is 10.6 Å². The Morgan fingerprint density at radius 3 is 1.92 bits per heavy atom. The van der Waals surface area contributed by atoms with E-state index in [1.165, 1.54) is 12.8 Å². The van der Waals surface area contributed by atoms with E-state index >= 15 is 0 Å². The van der Waals surface area contributed by atoms with E-state index in [1.807, 2.05) is 55.8 Å². The lowest BCUT2D eigenvalue weighted by molar-refractivity contribution is 0.257. The van der Waals surface area contributed by atoms with Crippen molar-refractivity contribution in [1.82, 2.24) is 39.7 Å². The van der Waals surface area contributed by atoms with Crippen LogP contribution < -0.4 is 14.4 Å². The summed E-state index contributed by atoms with van der Waals surface area (Å²) in [6, 6.07) is 16.4. The molecular weight excluding hydrogens is 721 g/mol. The van der Waals surface area contributed by atoms with Crippen molar-refractivity contribution < 1.29 is 13.9 Å². The third kappa shape index (κ3) is 8.12. The molecule has 0 radical (unpaired) electrons. The third-order valence-corrected chi connectivity index (χ3v) is 9.25. The Kier molecular flexibility index (Phi) is 10.6. The van der Waals surface area contributed by atoms with Gasteiger partial charge < -0.3 is 18.8 Å². The van der Waals surface area contributed by atoms with E-state index in [2.05, 4.69) is 55.0 Å². The number of rotatable bonds is 9. The van der Waals surface area contributed by atoms with Crippen molar-refractivity contribution >= 4 is 45.1 Å². The third-order valence-electron chi connectivity index (χ3n) is 8.44. The van der Waals surface area contributed by atoms with E-state index in [-0.39, 0.29) is 12.1 Å². The first kappa shape index (κ1) is 34.2. The summed E-state index contributed by atoms with van der Waals surface area (Å²) in [4.78, 5) is 11.2. The van der Waals surface area contributed by atoms with Crippen LogP contribution >= 0.6 is 39.1 Å². The Bertz CT molecular complexity index is 1830. The number of ether oxygens (including phenoxy) is 2. The van der Waals surface area contributed by atoms with Crippen molar-refractivity contribution in [2.45, 2.75) is 66.0 Å². The molecule has 48 heavy (non-hydrogen) atoms. The van der Waals surface area contributed by atoms with Gasteiger partial charge in [-0.1, -0.05) is 40.4 Å². The van der Waals surface area contributed by atoms with Crippen LogP contribution in [0.4, 0.5) is 6.01 Å². The molecule has 3 atom stereocenters. The van der Waals surface area contributed by atoms with E-state index < -0.39 is 0 Å². The maximum absolute atomic E-state index is 6.10. The Morgan fingerprint density at radius 1 is 0.833 bits per heavy atom. The van der Waals surface area contributed by atoms with Crippen molar-refractivity contribution in [3.05, 3.63) is 75.0 Å². The fourth-order valence-electron chi connectivity index (χ4n) is 6.25. The van der Waals surface area contributed by atoms with Gasteiger partial charge in [-0.15, -0.1) is 10.2 Å². The zero-order chi connectivity index (χ0) is 33.9. The molecule has 0 spiro atoms. The standard InChI is InChI=1S/C22H27ClN6O2.C11H11BrClN3O/c1-13(2)29-21(31-18-6-4-5-17(23)9-18)24-20(27-29)10-19-15-7-8-16(19)12-28(11-15)22-26-25-14(3)30-22;1-7(2)16-11(14-10(12)15-16)17-9-5-3-4-8(13)6-9/h4-6,9,13,15-16,19H,7-8,10-12H2,1-3H3;3-7H,1-2H3/t15-,16+,19?;. The molecule has 2 bridgehead atoms. The molecule has 7 rings (SSSR count). The summed E-state index contributed by atoms with van der Waals surface area (Å²) in [6.07, 6.45) is 3.29. The van der Waals surface area contributed by atoms with Crippen LogP contribution in [-0.4, -0.2) is 52.8 Å². The highest BCUT2D eigenvalue weighted by Crippen LogP contribution is 2.44. The van der Waals surface area contributed by atoms with Crippen LogP contribution in [-0.2, 0) is 6.42 Å². The quantitative estimate of drug-likeness (QED) is 0.144. The SMILES string of the molecule is CC(C)n1nc(Br)nc1Oc1cccc(Cl)c1.Cc1nnc(N2C[C@H]3CC[C@@H](C2)C3Cc2nc(Oc3cccc(Cl)c3)n(C(C)C)n2)o1. The fourth-order valence-corrected chi connectivity index (χ4v) is 6.94. The highest BCUT2D eigenvalue weighted by Gasteiger charge is 2.43. The van der Waals surface area contributed by atoms with Gasteiger partial charge in [-0.05, 0) is 111 Å². The summed E-state index contributed by atoms with van der Waals surface area (Å²) in [5, 5.41) is 18.4. The molecular formula is C33H38BrCl2N9O3. The summed E-state index contributed by atoms with van der Waals surface area (Å²) < 4.78 is 21.4. The molecule has 2 aliphatic rings. The largest absolute Gasteiger partial charge is 0.424 e. The minimum atomic E-state index is 0.148. The Morgan fingerprint density at radius 2 is 1.40 bits per heavy atom. The molecule has 1 aliphatic carbocycles. The zero-order valence-electron chi connectivity index (χ0n) is 27.4. The van der Waals surface area contributed by atoms with Gasteiger partial charge in [-0.3, -0.25) is 0 Å². The summed E-state index contributed by atoms with van der Waals surface area (Å²) >= 11 is 15.2. The van der Waals surface area contributed by atoms with Gasteiger partial charge >= 0.3 is 18.0 Å². The number of benzene rings is 2. The normalized spacial score (nSPS) is 18.7. The van der Waals surface area contributed by atoms with Crippen LogP contribution in [0, 0.1) is 24.7 Å². The van der Waals surface area contributed by atoms with E-state index in [0.717, 1.165) is 25.3 Å². The van der Waals surface area contributed by atoms with Gasteiger partial charge in [0.15, 0.2) is 5.82 Å². The van der Waals surface area contributed by atoms with Crippen molar-refractivity contribution in [3.63, 3.8) is 0 Å². The van der Waals surface area contributed by atoms with Crippen molar-refractivity contribution in [2.24, 2.45) is 17.8 Å². The molecule has 4 heterocycles. The Labute approximate surface area is 297 Å². The van der Waals surface area contributed by atoms with Crippen LogP contribution in [0.15, 0.2) is 57.7 Å². The van der Waals surface area contributed by atoms with Crippen LogP contribution in [0.25, 0.3) is 0 Å². The fraction of sp³-hybridized carbons (Fsp3) is 0.455. The summed E-state index contributed by atoms with van der Waals surface area (Å²) in [7, 11) is 0. The molecule has 1 unspecified atom stereocenters. The molecule has 254 valence electrons. The number of piperidine rings is 1. The Hall–Kier alpha value is -3.68. The van der Waals surface area contributed by atoms with Crippen LogP contribution in [0.1, 0.15) is 64.3 Å². The second kappa shape index (κ2) is 14.8. The summed E-state index contributed by atoms with van der Waals surface area (Å²) in [6.45, 7) is 11.9. The molecule has 3 aromatic heterocycles. The van der Waals surface area contributed by atoms with Crippen LogP contribution in [0.3, 0.4) is 0 Å². The van der Waals surface area contributed by atoms with Crippen molar-refractivity contribution in [2.75, 3.05) is 18.0 Å². The maximum Gasteiger partial charge on any atom is 0.321 e. The topological polar surface area (TPSA) is 122 Å². The first-order valence-electron chi connectivity index (χ1n) is 16.0. The van der Waals surface area contributed by atoms with Crippen LogP contribution in [0.5, 0.6) is 23.5 Å². The highest BCUT2D eigenvalue weighted by atomic mass is 79.9. The number of aromatic nitrogens is 8. The van der Waals surface area contributed by atoms with E-state index in [9.17, 15) is 0 Å². The zero-order valence-corrected chi connectivity index (χ0v) is 30.5. The van der Waals surface area contributed by atoms with Gasteiger partial charge in [-0.2, -0.15) is 15.1 Å². The van der Waals surface area contributed by atoms with Gasteiger partial charge in [0, 0.05) is 36.5 Å². The van der Waals surface area contributed by atoms with Crippen LogP contribution in [0.2, 0.25) is 10.0 Å². The highest BCUT2D eigenvalue weighted by molar-refractivity contribution is 9.10. The number of nitrogens with zero attached hydrogens (tertiary/aromatic N) is 9. The number of anilines is 1. The maximum atomic E-state index is 6.10. The smallest absolute Gasteiger partial charge is 0.321 e. The van der Waals surface area contributed by atoms with Crippen molar-refractivity contribution in [3.8, 4) is 23.5 Å². The minimum absolute atomic E-state index is 0.148. The van der Waals surface area contributed by atoms with Crippen molar-refractivity contribution in [1.29, 1.82) is 0 Å². The second-order valence-corrected chi connectivity index (χ2v) is 14.2. The molecule has 2 aromatic carbocycles. The predicted molar refractivity (Wildman–Crippen MR) is 186 cm³/mol. The Balaban J connectivity index is 0.000000200. The summed E-state index contributed by atoms with van der Waals surface area (Å²) in [5.41, 5.74) is 0. The predicted octanol–water partition coefficient (Wildman–Crippen LogP) is 8.77. The van der Waals surface area contributed by atoms with Gasteiger partial charge in [0.25, 0.3) is 0 Å². The van der Waals surface area contributed by atoms with Gasteiger partial charge in [0.05, 0.1) is 12.1 Å². The molecule has 1 saturated carbocycles. The first-order chi connectivity index (χ1) is 23.0. The molecule has 15 heteroatoms. The van der Waals surface area contributed by atoms with Gasteiger partial charge in [0.1, 0.15) is 11.5 Å². The molecule has 2 fully saturated rings. The molecule has 5 aromatic rings. The number of halogens is 3. The lowest BCUT2D eigenvalue weighted by Gasteiger charge is -2.36. The van der Waals surface area contributed by atoms with Gasteiger partial charge in [-0.25, -0.2) is 9.36 Å². The minimum Gasteiger partial charge on any atom is -0.424 e. The van der Waals surface area contributed by atoms with E-state index in [4.69, 9.17) is 47.2 Å². The summed E-state index contributed by atoms with van der Waals surface area (Å²) in [5.74, 6) is 4.47. The molecule has 0 amide bonds. The molecule has 1 aliphatic heterocycles. The lowest BCUT2D eigenvalue weighted by atomic mass is 9.82. The average Bonchev–Trinajstić information content (AvgIpc) is 3.79. The number of hydrogen-bond donors (Lipinski definition) is 0. The number of hydrogen-bond acceptors (Lipinski definition) is 10. The monoisotopic (exact) mass is 757 g/mol. The average molecular weight is 760 g/mol.